The van der Waals surface area contributed by atoms with Gasteiger partial charge in [0, 0.05) is 17.1 Å². The molecule has 0 fully saturated rings. The van der Waals surface area contributed by atoms with E-state index in [4.69, 9.17) is 14.8 Å². The second-order valence-corrected chi connectivity index (χ2v) is 10.2. The van der Waals surface area contributed by atoms with Crippen molar-refractivity contribution in [1.29, 1.82) is 0 Å². The second-order valence-electron chi connectivity index (χ2n) is 9.23. The van der Waals surface area contributed by atoms with Crippen LogP contribution in [0.1, 0.15) is 42.1 Å². The summed E-state index contributed by atoms with van der Waals surface area (Å²) in [6, 6.07) is 23.7. The number of carbonyl (C=O) groups is 1. The SMILES string of the molecule is CCc1ccc([C@H]2C(C(=O)Nc3ccccc3C)=C(C)Nc3nc(SCc4cccc(OC)c4)nn32)cc1. The van der Waals surface area contributed by atoms with Crippen LogP contribution in [-0.2, 0) is 17.0 Å². The number of aryl methyl sites for hydroxylation is 2. The average Bonchev–Trinajstić information content (AvgIpc) is 3.35. The highest BCUT2D eigenvalue weighted by Gasteiger charge is 2.34. The number of nitrogens with one attached hydrogen (secondary N) is 2. The van der Waals surface area contributed by atoms with E-state index in [9.17, 15) is 4.79 Å². The topological polar surface area (TPSA) is 81.1 Å². The molecule has 1 aliphatic heterocycles. The fourth-order valence-corrected chi connectivity index (χ4v) is 5.32. The number of allylic oxidation sites excluding steroid dienone is 1. The van der Waals surface area contributed by atoms with E-state index in [1.807, 2.05) is 61.0 Å². The van der Waals surface area contributed by atoms with E-state index in [1.165, 1.54) is 5.56 Å². The van der Waals surface area contributed by atoms with Crippen LogP contribution in [0.15, 0.2) is 89.2 Å². The van der Waals surface area contributed by atoms with Crippen molar-refractivity contribution in [3.8, 4) is 5.75 Å². The summed E-state index contributed by atoms with van der Waals surface area (Å²) < 4.78 is 7.18. The minimum Gasteiger partial charge on any atom is -0.497 e. The van der Waals surface area contributed by atoms with Gasteiger partial charge < -0.3 is 15.4 Å². The Morgan fingerprint density at radius 2 is 1.84 bits per heavy atom. The van der Waals surface area contributed by atoms with Crippen molar-refractivity contribution < 1.29 is 9.53 Å². The standard InChI is InChI=1S/C30H31N5O2S/c1-5-21-13-15-23(16-14-21)27-26(28(36)32-25-12-7-6-9-19(25)2)20(3)31-29-33-30(34-35(27)29)38-18-22-10-8-11-24(17-22)37-4/h6-17,27H,5,18H2,1-4H3,(H,32,36)(H,31,33,34)/t27-/m0/s1. The molecule has 3 aromatic carbocycles. The third kappa shape index (κ3) is 5.31. The predicted octanol–water partition coefficient (Wildman–Crippen LogP) is 6.38. The van der Waals surface area contributed by atoms with Gasteiger partial charge >= 0.3 is 0 Å². The molecule has 1 aliphatic rings. The number of amides is 1. The molecule has 38 heavy (non-hydrogen) atoms. The number of methoxy groups -OCH3 is 1. The van der Waals surface area contributed by atoms with Crippen LogP contribution in [0.3, 0.4) is 0 Å². The van der Waals surface area contributed by atoms with Crippen LogP contribution in [-0.4, -0.2) is 27.8 Å². The lowest BCUT2D eigenvalue weighted by Crippen LogP contribution is -2.31. The second kappa shape index (κ2) is 11.1. The predicted molar refractivity (Wildman–Crippen MR) is 153 cm³/mol. The number of ether oxygens (including phenoxy) is 1. The third-order valence-corrected chi connectivity index (χ3v) is 7.59. The zero-order chi connectivity index (χ0) is 26.6. The van der Waals surface area contributed by atoms with Crippen LogP contribution >= 0.6 is 11.8 Å². The summed E-state index contributed by atoms with van der Waals surface area (Å²) in [7, 11) is 1.66. The minimum atomic E-state index is -0.417. The lowest BCUT2D eigenvalue weighted by Gasteiger charge is -2.29. The Hall–Kier alpha value is -4.04. The minimum absolute atomic E-state index is 0.166. The van der Waals surface area contributed by atoms with E-state index in [-0.39, 0.29) is 5.91 Å². The number of carbonyl (C=O) groups excluding carboxylic acids is 1. The fraction of sp³-hybridized carbons (Fsp3) is 0.233. The molecule has 0 radical (unpaired) electrons. The molecule has 1 amide bonds. The Morgan fingerprint density at radius 3 is 2.58 bits per heavy atom. The Morgan fingerprint density at radius 1 is 1.05 bits per heavy atom. The van der Waals surface area contributed by atoms with E-state index in [0.29, 0.717) is 22.4 Å². The van der Waals surface area contributed by atoms with E-state index in [1.54, 1.807) is 18.9 Å². The third-order valence-electron chi connectivity index (χ3n) is 6.68. The van der Waals surface area contributed by atoms with Gasteiger partial charge in [-0.2, -0.15) is 4.98 Å². The van der Waals surface area contributed by atoms with E-state index in [2.05, 4.69) is 47.9 Å². The van der Waals surface area contributed by atoms with Crippen LogP contribution in [0, 0.1) is 6.92 Å². The van der Waals surface area contributed by atoms with Gasteiger partial charge in [-0.3, -0.25) is 4.79 Å². The van der Waals surface area contributed by atoms with E-state index < -0.39 is 6.04 Å². The molecule has 0 unspecified atom stereocenters. The van der Waals surface area contributed by atoms with Crippen LogP contribution < -0.4 is 15.4 Å². The molecule has 0 aliphatic carbocycles. The van der Waals surface area contributed by atoms with Gasteiger partial charge in [-0.15, -0.1) is 5.10 Å². The van der Waals surface area contributed by atoms with Crippen molar-refractivity contribution in [2.24, 2.45) is 0 Å². The lowest BCUT2D eigenvalue weighted by atomic mass is 9.94. The maximum atomic E-state index is 13.7. The van der Waals surface area contributed by atoms with Crippen molar-refractivity contribution in [3.05, 3.63) is 106 Å². The molecule has 0 bridgehead atoms. The number of anilines is 2. The van der Waals surface area contributed by atoms with Gasteiger partial charge in [-0.1, -0.05) is 73.3 Å². The maximum Gasteiger partial charge on any atom is 0.255 e. The molecule has 5 rings (SSSR count). The molecular formula is C30H31N5O2S. The summed E-state index contributed by atoms with van der Waals surface area (Å²) in [5, 5.41) is 11.9. The maximum absolute atomic E-state index is 13.7. The zero-order valence-corrected chi connectivity index (χ0v) is 22.8. The first-order chi connectivity index (χ1) is 18.5. The number of para-hydroxylation sites is 1. The summed E-state index contributed by atoms with van der Waals surface area (Å²) in [5.41, 5.74) is 6.50. The van der Waals surface area contributed by atoms with Gasteiger partial charge in [-0.25, -0.2) is 4.68 Å². The number of aromatic nitrogens is 3. The number of hydrogen-bond donors (Lipinski definition) is 2. The number of nitrogens with zero attached hydrogens (tertiary/aromatic N) is 3. The first-order valence-electron chi connectivity index (χ1n) is 12.6. The number of benzene rings is 3. The molecule has 4 aromatic rings. The molecular weight excluding hydrogens is 494 g/mol. The molecule has 7 nitrogen and oxygen atoms in total. The normalized spacial score (nSPS) is 14.6. The average molecular weight is 526 g/mol. The Bertz CT molecular complexity index is 1490. The summed E-state index contributed by atoms with van der Waals surface area (Å²) in [6.45, 7) is 6.03. The van der Waals surface area contributed by atoms with Gasteiger partial charge in [0.15, 0.2) is 0 Å². The Labute approximate surface area is 227 Å². The summed E-state index contributed by atoms with van der Waals surface area (Å²) in [5.74, 6) is 1.97. The largest absolute Gasteiger partial charge is 0.497 e. The molecule has 8 heteroatoms. The van der Waals surface area contributed by atoms with Gasteiger partial charge in [0.25, 0.3) is 5.91 Å². The smallest absolute Gasteiger partial charge is 0.255 e. The molecule has 2 N–H and O–H groups in total. The van der Waals surface area contributed by atoms with Gasteiger partial charge in [0.1, 0.15) is 11.8 Å². The number of rotatable bonds is 8. The summed E-state index contributed by atoms with van der Waals surface area (Å²) in [4.78, 5) is 18.5. The van der Waals surface area contributed by atoms with E-state index in [0.717, 1.165) is 40.2 Å². The van der Waals surface area contributed by atoms with Crippen LogP contribution in [0.2, 0.25) is 0 Å². The van der Waals surface area contributed by atoms with E-state index >= 15 is 0 Å². The molecule has 1 atom stereocenters. The van der Waals surface area contributed by atoms with Crippen molar-refractivity contribution >= 4 is 29.3 Å². The molecule has 2 heterocycles. The van der Waals surface area contributed by atoms with Crippen molar-refractivity contribution in [1.82, 2.24) is 14.8 Å². The first kappa shape index (κ1) is 25.6. The summed E-state index contributed by atoms with van der Waals surface area (Å²) >= 11 is 1.55. The highest BCUT2D eigenvalue weighted by atomic mass is 32.2. The van der Waals surface area contributed by atoms with Crippen molar-refractivity contribution in [2.45, 2.75) is 44.1 Å². The van der Waals surface area contributed by atoms with Crippen molar-refractivity contribution in [3.63, 3.8) is 0 Å². The lowest BCUT2D eigenvalue weighted by molar-refractivity contribution is -0.113. The highest BCUT2D eigenvalue weighted by molar-refractivity contribution is 7.98. The first-order valence-corrected chi connectivity index (χ1v) is 13.6. The summed E-state index contributed by atoms with van der Waals surface area (Å²) in [6.07, 6.45) is 0.946. The number of thioether (sulfide) groups is 1. The number of hydrogen-bond acceptors (Lipinski definition) is 6. The van der Waals surface area contributed by atoms with Crippen molar-refractivity contribution in [2.75, 3.05) is 17.7 Å². The number of fused-ring (bicyclic) bond motifs is 1. The van der Waals surface area contributed by atoms with Gasteiger partial charge in [-0.05, 0) is 60.7 Å². The Balaban J connectivity index is 1.48. The monoisotopic (exact) mass is 525 g/mol. The zero-order valence-electron chi connectivity index (χ0n) is 22.0. The Kier molecular flexibility index (Phi) is 7.51. The van der Waals surface area contributed by atoms with Crippen LogP contribution in [0.25, 0.3) is 0 Å². The fourth-order valence-electron chi connectivity index (χ4n) is 4.54. The molecule has 0 saturated heterocycles. The molecule has 194 valence electrons. The van der Waals surface area contributed by atoms with Gasteiger partial charge in [0.2, 0.25) is 11.1 Å². The van der Waals surface area contributed by atoms with Crippen LogP contribution in [0.5, 0.6) is 5.75 Å². The highest BCUT2D eigenvalue weighted by Crippen LogP contribution is 2.37. The molecule has 0 spiro atoms. The molecule has 0 saturated carbocycles. The van der Waals surface area contributed by atoms with Gasteiger partial charge in [0.05, 0.1) is 12.7 Å². The molecule has 1 aromatic heterocycles. The quantitative estimate of drug-likeness (QED) is 0.260. The van der Waals surface area contributed by atoms with Crippen LogP contribution in [0.4, 0.5) is 11.6 Å².